The van der Waals surface area contributed by atoms with Crippen molar-refractivity contribution in [1.29, 1.82) is 0 Å². The average Bonchev–Trinajstić information content (AvgIpc) is 3.21. The van der Waals surface area contributed by atoms with E-state index >= 15 is 0 Å². The minimum absolute atomic E-state index is 0.107. The van der Waals surface area contributed by atoms with Gasteiger partial charge in [0.2, 0.25) is 0 Å². The molecule has 6 heteroatoms. The molecular weight excluding hydrogens is 348 g/mol. The lowest BCUT2D eigenvalue weighted by molar-refractivity contribution is 0.0513. The number of aryl methyl sites for hydroxylation is 1. The molecule has 0 aliphatic heterocycles. The number of oxime groups is 1. The van der Waals surface area contributed by atoms with E-state index in [4.69, 9.17) is 10.6 Å². The molecule has 0 atom stereocenters. The first-order valence-corrected chi connectivity index (χ1v) is 8.73. The van der Waals surface area contributed by atoms with Crippen molar-refractivity contribution in [1.82, 2.24) is 0 Å². The van der Waals surface area contributed by atoms with Gasteiger partial charge in [-0.25, -0.2) is 4.79 Å². The van der Waals surface area contributed by atoms with Gasteiger partial charge >= 0.3 is 5.97 Å². The molecule has 0 spiro atoms. The first-order chi connectivity index (χ1) is 12.6. The molecule has 0 unspecified atom stereocenters. The smallest absolute Gasteiger partial charge is 0.366 e. The van der Waals surface area contributed by atoms with Crippen LogP contribution in [0.15, 0.2) is 71.2 Å². The summed E-state index contributed by atoms with van der Waals surface area (Å²) in [5, 5.41) is 5.51. The monoisotopic (exact) mass is 364 g/mol. The first kappa shape index (κ1) is 17.6. The highest BCUT2D eigenvalue weighted by Gasteiger charge is 2.19. The standard InChI is InChI=1S/C20H16N2O3S/c1-13-8-10-14(11-9-13)18(23)15-5-2-3-6-16(15)20(24)25-22-19(21)17-7-4-12-26-17/h2-12H,1H3,(H2,21,22). The Hall–Kier alpha value is -3.25. The number of nitrogens with zero attached hydrogens (tertiary/aromatic N) is 1. The SMILES string of the molecule is Cc1ccc(C(=O)c2ccccc2C(=O)O/N=C(\N)c2cccs2)cc1. The number of hydrogen-bond donors (Lipinski definition) is 1. The van der Waals surface area contributed by atoms with E-state index in [-0.39, 0.29) is 22.7 Å². The quantitative estimate of drug-likeness (QED) is 0.246. The zero-order valence-electron chi connectivity index (χ0n) is 14.0. The van der Waals surface area contributed by atoms with Crippen LogP contribution in [0.25, 0.3) is 0 Å². The van der Waals surface area contributed by atoms with Gasteiger partial charge in [-0.15, -0.1) is 11.3 Å². The third-order valence-electron chi connectivity index (χ3n) is 3.71. The van der Waals surface area contributed by atoms with Crippen LogP contribution in [0.4, 0.5) is 0 Å². The second kappa shape index (κ2) is 7.76. The summed E-state index contributed by atoms with van der Waals surface area (Å²) < 4.78 is 0. The first-order valence-electron chi connectivity index (χ1n) is 7.85. The maximum absolute atomic E-state index is 12.7. The van der Waals surface area contributed by atoms with Gasteiger partial charge in [-0.1, -0.05) is 59.3 Å². The van der Waals surface area contributed by atoms with Crippen LogP contribution in [0.1, 0.15) is 36.7 Å². The minimum Gasteiger partial charge on any atom is -0.380 e. The molecule has 0 aliphatic rings. The van der Waals surface area contributed by atoms with Gasteiger partial charge < -0.3 is 10.6 Å². The molecular formula is C20H16N2O3S. The van der Waals surface area contributed by atoms with Crippen LogP contribution >= 0.6 is 11.3 Å². The second-order valence-electron chi connectivity index (χ2n) is 5.57. The molecule has 0 amide bonds. The van der Waals surface area contributed by atoms with Gasteiger partial charge in [-0.05, 0) is 24.4 Å². The van der Waals surface area contributed by atoms with Crippen molar-refractivity contribution in [2.75, 3.05) is 0 Å². The molecule has 26 heavy (non-hydrogen) atoms. The van der Waals surface area contributed by atoms with E-state index in [0.717, 1.165) is 5.56 Å². The number of hydrogen-bond acceptors (Lipinski definition) is 5. The molecule has 0 bridgehead atoms. The van der Waals surface area contributed by atoms with E-state index in [1.54, 1.807) is 36.4 Å². The van der Waals surface area contributed by atoms with Gasteiger partial charge in [0, 0.05) is 11.1 Å². The number of thiophene rings is 1. The summed E-state index contributed by atoms with van der Waals surface area (Å²) in [7, 11) is 0. The van der Waals surface area contributed by atoms with Crippen molar-refractivity contribution in [2.24, 2.45) is 10.9 Å². The summed E-state index contributed by atoms with van der Waals surface area (Å²) in [5.41, 5.74) is 7.73. The van der Waals surface area contributed by atoms with Crippen LogP contribution in [0.5, 0.6) is 0 Å². The van der Waals surface area contributed by atoms with Gasteiger partial charge in [0.25, 0.3) is 0 Å². The summed E-state index contributed by atoms with van der Waals surface area (Å²) in [6, 6.07) is 17.2. The number of amidine groups is 1. The molecule has 2 N–H and O–H groups in total. The van der Waals surface area contributed by atoms with Crippen LogP contribution in [0.3, 0.4) is 0 Å². The number of carbonyl (C=O) groups is 2. The molecule has 130 valence electrons. The normalized spacial score (nSPS) is 11.2. The lowest BCUT2D eigenvalue weighted by Crippen LogP contribution is -2.15. The Morgan fingerprint density at radius 1 is 0.962 bits per heavy atom. The Balaban J connectivity index is 1.84. The Kier molecular flexibility index (Phi) is 5.24. The highest BCUT2D eigenvalue weighted by atomic mass is 32.1. The van der Waals surface area contributed by atoms with Gasteiger partial charge in [0.05, 0.1) is 10.4 Å². The zero-order chi connectivity index (χ0) is 18.5. The number of carbonyl (C=O) groups excluding carboxylic acids is 2. The molecule has 1 heterocycles. The Bertz CT molecular complexity index is 961. The third-order valence-corrected chi connectivity index (χ3v) is 4.60. The van der Waals surface area contributed by atoms with Crippen molar-refractivity contribution >= 4 is 28.9 Å². The summed E-state index contributed by atoms with van der Waals surface area (Å²) in [6.07, 6.45) is 0. The molecule has 0 fully saturated rings. The highest BCUT2D eigenvalue weighted by Crippen LogP contribution is 2.17. The number of nitrogens with two attached hydrogens (primary N) is 1. The fourth-order valence-electron chi connectivity index (χ4n) is 2.33. The predicted octanol–water partition coefficient (Wildman–Crippen LogP) is 3.76. The topological polar surface area (TPSA) is 81.8 Å². The molecule has 1 aromatic heterocycles. The molecule has 2 aromatic carbocycles. The van der Waals surface area contributed by atoms with E-state index in [1.807, 2.05) is 30.5 Å². The Morgan fingerprint density at radius 3 is 2.31 bits per heavy atom. The lowest BCUT2D eigenvalue weighted by Gasteiger charge is -2.07. The molecule has 0 aliphatic carbocycles. The number of ketones is 1. The number of rotatable bonds is 5. The van der Waals surface area contributed by atoms with E-state index in [2.05, 4.69) is 5.16 Å². The molecule has 3 aromatic rings. The second-order valence-corrected chi connectivity index (χ2v) is 6.52. The predicted molar refractivity (Wildman–Crippen MR) is 102 cm³/mol. The van der Waals surface area contributed by atoms with Crippen LogP contribution in [0, 0.1) is 6.92 Å². The van der Waals surface area contributed by atoms with Crippen molar-refractivity contribution in [3.05, 3.63) is 93.2 Å². The van der Waals surface area contributed by atoms with Crippen LogP contribution in [-0.2, 0) is 4.84 Å². The summed E-state index contributed by atoms with van der Waals surface area (Å²) in [6.45, 7) is 1.94. The maximum Gasteiger partial charge on any atom is 0.366 e. The lowest BCUT2D eigenvalue weighted by atomic mass is 9.98. The summed E-state index contributed by atoms with van der Waals surface area (Å²) >= 11 is 1.38. The third kappa shape index (κ3) is 3.87. The summed E-state index contributed by atoms with van der Waals surface area (Å²) in [5.74, 6) is -0.885. The van der Waals surface area contributed by atoms with Gasteiger partial charge in [-0.2, -0.15) is 0 Å². The van der Waals surface area contributed by atoms with Crippen molar-refractivity contribution < 1.29 is 14.4 Å². The molecule has 0 radical (unpaired) electrons. The zero-order valence-corrected chi connectivity index (χ0v) is 14.8. The average molecular weight is 364 g/mol. The van der Waals surface area contributed by atoms with Crippen molar-refractivity contribution in [3.63, 3.8) is 0 Å². The van der Waals surface area contributed by atoms with Crippen molar-refractivity contribution in [2.45, 2.75) is 6.92 Å². The summed E-state index contributed by atoms with van der Waals surface area (Å²) in [4.78, 5) is 30.8. The van der Waals surface area contributed by atoms with E-state index < -0.39 is 5.97 Å². The highest BCUT2D eigenvalue weighted by molar-refractivity contribution is 7.12. The van der Waals surface area contributed by atoms with Gasteiger partial charge in [0.15, 0.2) is 11.6 Å². The fourth-order valence-corrected chi connectivity index (χ4v) is 2.95. The molecule has 0 saturated carbocycles. The maximum atomic E-state index is 12.7. The van der Waals surface area contributed by atoms with Crippen LogP contribution < -0.4 is 5.73 Å². The van der Waals surface area contributed by atoms with E-state index in [0.29, 0.717) is 10.4 Å². The minimum atomic E-state index is -0.736. The molecule has 0 saturated heterocycles. The van der Waals surface area contributed by atoms with E-state index in [1.165, 1.54) is 17.4 Å². The van der Waals surface area contributed by atoms with Gasteiger partial charge in [-0.3, -0.25) is 4.79 Å². The molecule has 3 rings (SSSR count). The Morgan fingerprint density at radius 2 is 1.65 bits per heavy atom. The fraction of sp³-hybridized carbons (Fsp3) is 0.0500. The number of benzene rings is 2. The van der Waals surface area contributed by atoms with Crippen molar-refractivity contribution in [3.8, 4) is 0 Å². The Labute approximate surface area is 154 Å². The largest absolute Gasteiger partial charge is 0.380 e. The van der Waals surface area contributed by atoms with Crippen LogP contribution in [-0.4, -0.2) is 17.6 Å². The molecule has 5 nitrogen and oxygen atoms in total. The van der Waals surface area contributed by atoms with Gasteiger partial charge in [0.1, 0.15) is 0 Å². The van der Waals surface area contributed by atoms with Crippen LogP contribution in [0.2, 0.25) is 0 Å². The van der Waals surface area contributed by atoms with E-state index in [9.17, 15) is 9.59 Å².